The third-order valence-corrected chi connectivity index (χ3v) is 11.5. The number of halogens is 1. The van der Waals surface area contributed by atoms with Crippen molar-refractivity contribution in [1.29, 1.82) is 0 Å². The summed E-state index contributed by atoms with van der Waals surface area (Å²) in [6.07, 6.45) is -0.518. The zero-order valence-corrected chi connectivity index (χ0v) is 29.4. The predicted molar refractivity (Wildman–Crippen MR) is 198 cm³/mol. The molecule has 0 saturated carbocycles. The lowest BCUT2D eigenvalue weighted by Gasteiger charge is -2.49. The Kier molecular flexibility index (Phi) is 10.0. The minimum absolute atomic E-state index is 0.164. The van der Waals surface area contributed by atoms with Crippen LogP contribution in [0.3, 0.4) is 0 Å². The van der Waals surface area contributed by atoms with Crippen LogP contribution in [-0.2, 0) is 25.5 Å². The molecule has 2 aliphatic heterocycles. The van der Waals surface area contributed by atoms with Crippen molar-refractivity contribution >= 4 is 57.2 Å². The highest BCUT2D eigenvalue weighted by Crippen LogP contribution is 2.47. The molecular formula is C40H31BrN2O4S2. The lowest BCUT2D eigenvalue weighted by molar-refractivity contribution is -0.154. The van der Waals surface area contributed by atoms with Crippen molar-refractivity contribution in [3.05, 3.63) is 171 Å². The first-order valence-electron chi connectivity index (χ1n) is 15.8. The van der Waals surface area contributed by atoms with Crippen LogP contribution >= 0.6 is 39.5 Å². The Hall–Kier alpha value is -4.57. The molecule has 9 heteroatoms. The van der Waals surface area contributed by atoms with E-state index in [2.05, 4.69) is 33.4 Å². The van der Waals surface area contributed by atoms with Crippen LogP contribution in [0.25, 0.3) is 11.1 Å². The molecular weight excluding hydrogens is 716 g/mol. The smallest absolute Gasteiger partial charge is 0.356 e. The summed E-state index contributed by atoms with van der Waals surface area (Å²) in [5.41, 5.74) is 4.86. The number of carbonyl (C=O) groups excluding carboxylic acids is 3. The summed E-state index contributed by atoms with van der Waals surface area (Å²) in [6, 6.07) is 44.0. The lowest BCUT2D eigenvalue weighted by Crippen LogP contribution is -2.70. The van der Waals surface area contributed by atoms with Crippen LogP contribution in [0, 0.1) is 0 Å². The molecule has 0 radical (unpaired) electrons. The molecule has 0 spiro atoms. The van der Waals surface area contributed by atoms with E-state index in [4.69, 9.17) is 4.74 Å². The second-order valence-electron chi connectivity index (χ2n) is 11.6. The van der Waals surface area contributed by atoms with Gasteiger partial charge in [0, 0.05) is 20.0 Å². The largest absolute Gasteiger partial charge is 0.448 e. The van der Waals surface area contributed by atoms with E-state index in [1.54, 1.807) is 0 Å². The maximum atomic E-state index is 14.4. The van der Waals surface area contributed by atoms with E-state index < -0.39 is 23.5 Å². The zero-order valence-electron chi connectivity index (χ0n) is 26.2. The predicted octanol–water partition coefficient (Wildman–Crippen LogP) is 8.40. The Balaban J connectivity index is 1.19. The van der Waals surface area contributed by atoms with E-state index in [1.165, 1.54) is 28.4 Å². The van der Waals surface area contributed by atoms with Gasteiger partial charge in [0.2, 0.25) is 5.91 Å². The maximum absolute atomic E-state index is 14.4. The number of ether oxygens (including phenoxy) is 1. The van der Waals surface area contributed by atoms with Gasteiger partial charge in [-0.2, -0.15) is 0 Å². The molecule has 1 fully saturated rings. The third kappa shape index (κ3) is 7.25. The number of rotatable bonds is 10. The molecule has 2 amide bonds. The Morgan fingerprint density at radius 3 is 2.04 bits per heavy atom. The number of carbonyl (C=O) groups is 3. The molecule has 0 aromatic heterocycles. The Labute approximate surface area is 302 Å². The summed E-state index contributed by atoms with van der Waals surface area (Å²) in [6.45, 7) is 0. The molecule has 1 N–H and O–H groups in total. The Morgan fingerprint density at radius 2 is 1.43 bits per heavy atom. The molecule has 2 aliphatic rings. The van der Waals surface area contributed by atoms with E-state index in [-0.39, 0.29) is 23.9 Å². The number of hydrogen-bond donors (Lipinski definition) is 1. The quantitative estimate of drug-likeness (QED) is 0.114. The summed E-state index contributed by atoms with van der Waals surface area (Å²) in [7, 11) is 0. The van der Waals surface area contributed by atoms with E-state index in [1.807, 2.05) is 127 Å². The molecule has 244 valence electrons. The zero-order chi connectivity index (χ0) is 33.7. The van der Waals surface area contributed by atoms with Crippen LogP contribution in [0.15, 0.2) is 159 Å². The number of nitrogens with one attached hydrogen (secondary N) is 1. The number of β-lactam (4-membered cyclic amide) rings is 1. The number of esters is 1. The van der Waals surface area contributed by atoms with Crippen molar-refractivity contribution < 1.29 is 19.1 Å². The summed E-state index contributed by atoms with van der Waals surface area (Å²) in [5, 5.41) is 2.49. The molecule has 2 heterocycles. The van der Waals surface area contributed by atoms with Crippen LogP contribution in [0.2, 0.25) is 0 Å². The van der Waals surface area contributed by atoms with Crippen LogP contribution in [0.4, 0.5) is 0 Å². The molecule has 6 nitrogen and oxygen atoms in total. The molecule has 0 unspecified atom stereocenters. The number of fused-ring (bicyclic) bond motifs is 1. The van der Waals surface area contributed by atoms with Gasteiger partial charge in [0.05, 0.1) is 6.42 Å². The van der Waals surface area contributed by atoms with E-state index in [0.29, 0.717) is 10.7 Å². The van der Waals surface area contributed by atoms with Gasteiger partial charge in [-0.25, -0.2) is 4.79 Å². The van der Waals surface area contributed by atoms with E-state index >= 15 is 0 Å². The minimum Gasteiger partial charge on any atom is -0.448 e. The van der Waals surface area contributed by atoms with Gasteiger partial charge >= 0.3 is 5.97 Å². The standard InChI is InChI=1S/C40H31BrN2O4S2/c41-32-24-30(21-22-31(32)27-15-7-2-8-16-27)49-33-25-48-39-35(42-34(44)23-26-13-5-1-6-14-26)38(45)43(39)36(33)40(46)47-37(28-17-9-3-10-18-28)29-19-11-4-12-20-29/h1-22,24,35,37,39H,23,25H2,(H,42,44)/t35-,39-/m1/s1. The van der Waals surface area contributed by atoms with Gasteiger partial charge in [0.1, 0.15) is 17.1 Å². The lowest BCUT2D eigenvalue weighted by atomic mass is 10.0. The molecule has 0 bridgehead atoms. The molecule has 5 aromatic rings. The van der Waals surface area contributed by atoms with Gasteiger partial charge in [-0.15, -0.1) is 11.8 Å². The fraction of sp³-hybridized carbons (Fsp3) is 0.125. The molecule has 2 atom stereocenters. The van der Waals surface area contributed by atoms with Crippen LogP contribution < -0.4 is 5.32 Å². The van der Waals surface area contributed by atoms with Gasteiger partial charge in [0.15, 0.2) is 6.10 Å². The van der Waals surface area contributed by atoms with Crippen molar-refractivity contribution in [2.75, 3.05) is 5.75 Å². The second-order valence-corrected chi connectivity index (χ2v) is 14.7. The van der Waals surface area contributed by atoms with Crippen molar-refractivity contribution in [1.82, 2.24) is 10.2 Å². The monoisotopic (exact) mass is 746 g/mol. The molecule has 5 aromatic carbocycles. The second kappa shape index (κ2) is 14.9. The summed E-state index contributed by atoms with van der Waals surface area (Å²) in [5.74, 6) is -0.698. The molecule has 49 heavy (non-hydrogen) atoms. The van der Waals surface area contributed by atoms with Gasteiger partial charge in [0.25, 0.3) is 5.91 Å². The average Bonchev–Trinajstić information content (AvgIpc) is 3.14. The van der Waals surface area contributed by atoms with Crippen molar-refractivity contribution in [2.45, 2.75) is 28.8 Å². The van der Waals surface area contributed by atoms with Gasteiger partial charge < -0.3 is 10.1 Å². The number of amides is 2. The first-order chi connectivity index (χ1) is 24.0. The van der Waals surface area contributed by atoms with Crippen LogP contribution in [0.5, 0.6) is 0 Å². The minimum atomic E-state index is -0.742. The van der Waals surface area contributed by atoms with E-state index in [0.717, 1.165) is 37.2 Å². The fourth-order valence-corrected chi connectivity index (χ4v) is 9.23. The number of hydrogen-bond acceptors (Lipinski definition) is 6. The summed E-state index contributed by atoms with van der Waals surface area (Å²) >= 11 is 6.72. The third-order valence-electron chi connectivity index (χ3n) is 8.35. The molecule has 7 rings (SSSR count). The van der Waals surface area contributed by atoms with Gasteiger partial charge in [-0.1, -0.05) is 155 Å². The highest BCUT2D eigenvalue weighted by molar-refractivity contribution is 9.10. The maximum Gasteiger partial charge on any atom is 0.356 e. The topological polar surface area (TPSA) is 75.7 Å². The van der Waals surface area contributed by atoms with Crippen molar-refractivity contribution in [3.8, 4) is 11.1 Å². The highest BCUT2D eigenvalue weighted by atomic mass is 79.9. The number of thioether (sulfide) groups is 2. The summed E-state index contributed by atoms with van der Waals surface area (Å²) in [4.78, 5) is 44.3. The van der Waals surface area contributed by atoms with Crippen LogP contribution in [-0.4, -0.2) is 39.9 Å². The van der Waals surface area contributed by atoms with Crippen molar-refractivity contribution in [3.63, 3.8) is 0 Å². The molecule has 0 aliphatic carbocycles. The highest BCUT2D eigenvalue weighted by Gasteiger charge is 2.54. The number of benzene rings is 5. The fourth-order valence-electron chi connectivity index (χ4n) is 5.97. The first kappa shape index (κ1) is 33.0. The first-order valence-corrected chi connectivity index (χ1v) is 18.5. The Bertz CT molecular complexity index is 1970. The normalized spacial score (nSPS) is 16.9. The number of nitrogens with zero attached hydrogens (tertiary/aromatic N) is 1. The SMILES string of the molecule is O=C(Cc1ccccc1)N[C@@H]1C(=O)N2C(C(=O)OC(c3ccccc3)c3ccccc3)=C(Sc3ccc(-c4ccccc4)c(Br)c3)CS[C@H]12. The molecule has 1 saturated heterocycles. The average molecular weight is 748 g/mol. The van der Waals surface area contributed by atoms with Gasteiger partial charge in [-0.3, -0.25) is 14.5 Å². The van der Waals surface area contributed by atoms with Crippen LogP contribution in [0.1, 0.15) is 22.8 Å². The van der Waals surface area contributed by atoms with Gasteiger partial charge in [-0.05, 0) is 39.9 Å². The van der Waals surface area contributed by atoms with Crippen molar-refractivity contribution in [2.24, 2.45) is 0 Å². The summed E-state index contributed by atoms with van der Waals surface area (Å²) < 4.78 is 7.24. The Morgan fingerprint density at radius 1 is 0.837 bits per heavy atom. The van der Waals surface area contributed by atoms with E-state index in [9.17, 15) is 14.4 Å².